The third-order valence-corrected chi connectivity index (χ3v) is 5.90. The summed E-state index contributed by atoms with van der Waals surface area (Å²) >= 11 is 1.37. The number of nitrogens with zero attached hydrogens (tertiary/aromatic N) is 5. The molecule has 160 valence electrons. The molecule has 1 unspecified atom stereocenters. The molecule has 3 aromatic rings. The molecule has 3 rings (SSSR count). The van der Waals surface area contributed by atoms with Crippen LogP contribution in [-0.4, -0.2) is 44.2 Å². The maximum atomic E-state index is 12.5. The van der Waals surface area contributed by atoms with Gasteiger partial charge in [0.25, 0.3) is 0 Å². The van der Waals surface area contributed by atoms with Gasteiger partial charge in [0.15, 0.2) is 16.8 Å². The van der Waals surface area contributed by atoms with Gasteiger partial charge in [-0.05, 0) is 58.9 Å². The maximum Gasteiger partial charge on any atom is 0.238 e. The van der Waals surface area contributed by atoms with E-state index < -0.39 is 0 Å². The van der Waals surface area contributed by atoms with Crippen molar-refractivity contribution < 1.29 is 9.32 Å². The summed E-state index contributed by atoms with van der Waals surface area (Å²) < 4.78 is 7.02. The zero-order chi connectivity index (χ0) is 21.7. The molecule has 1 atom stereocenters. The standard InChI is InChI=1S/C21H28N6O2S/c1-6-26(7-2)17-11-9-16(10-12-17)19-23-24-21(27(19)8-3)30-15(5)20(28)22-18-13-14(4)29-25-18/h9-13,15H,6-8H2,1-5H3,(H,22,25,28). The number of aryl methyl sites for hydroxylation is 1. The SMILES string of the molecule is CCN(CC)c1ccc(-c2nnc(SC(C)C(=O)Nc3cc(C)on3)n2CC)cc1. The van der Waals surface area contributed by atoms with Crippen molar-refractivity contribution >= 4 is 29.2 Å². The molecule has 0 spiro atoms. The summed E-state index contributed by atoms with van der Waals surface area (Å²) in [7, 11) is 0. The molecule has 0 aliphatic carbocycles. The third kappa shape index (κ3) is 4.84. The minimum Gasteiger partial charge on any atom is -0.372 e. The van der Waals surface area contributed by atoms with Crippen molar-refractivity contribution in [2.75, 3.05) is 23.3 Å². The van der Waals surface area contributed by atoms with E-state index in [0.29, 0.717) is 23.3 Å². The van der Waals surface area contributed by atoms with E-state index in [-0.39, 0.29) is 11.2 Å². The number of nitrogens with one attached hydrogen (secondary N) is 1. The van der Waals surface area contributed by atoms with Gasteiger partial charge in [-0.3, -0.25) is 4.79 Å². The number of anilines is 2. The topological polar surface area (TPSA) is 89.1 Å². The number of benzene rings is 1. The second-order valence-corrected chi connectivity index (χ2v) is 8.15. The van der Waals surface area contributed by atoms with Crippen molar-refractivity contribution in [1.82, 2.24) is 19.9 Å². The average molecular weight is 429 g/mol. The number of rotatable bonds is 9. The highest BCUT2D eigenvalue weighted by molar-refractivity contribution is 8.00. The van der Waals surface area contributed by atoms with Crippen LogP contribution < -0.4 is 10.2 Å². The van der Waals surface area contributed by atoms with Crippen molar-refractivity contribution in [3.63, 3.8) is 0 Å². The van der Waals surface area contributed by atoms with E-state index in [1.807, 2.05) is 18.4 Å². The number of hydrogen-bond donors (Lipinski definition) is 1. The fourth-order valence-corrected chi connectivity index (χ4v) is 4.06. The number of amides is 1. The quantitative estimate of drug-likeness (QED) is 0.510. The number of hydrogen-bond acceptors (Lipinski definition) is 7. The van der Waals surface area contributed by atoms with Crippen molar-refractivity contribution in [1.29, 1.82) is 0 Å². The molecule has 0 aliphatic rings. The Morgan fingerprint density at radius 2 is 1.90 bits per heavy atom. The highest BCUT2D eigenvalue weighted by Gasteiger charge is 2.21. The average Bonchev–Trinajstić information content (AvgIpc) is 3.34. The number of thioether (sulfide) groups is 1. The Labute approximate surface area is 181 Å². The van der Waals surface area contributed by atoms with Crippen LogP contribution in [0.3, 0.4) is 0 Å². The molecule has 0 fully saturated rings. The normalized spacial score (nSPS) is 12.0. The molecule has 0 aliphatic heterocycles. The van der Waals surface area contributed by atoms with Gasteiger partial charge in [0.2, 0.25) is 5.91 Å². The van der Waals surface area contributed by atoms with Gasteiger partial charge >= 0.3 is 0 Å². The highest BCUT2D eigenvalue weighted by atomic mass is 32.2. The summed E-state index contributed by atoms with van der Waals surface area (Å²) in [5.41, 5.74) is 2.19. The molecule has 0 saturated carbocycles. The van der Waals surface area contributed by atoms with Gasteiger partial charge in [-0.25, -0.2) is 0 Å². The van der Waals surface area contributed by atoms with Gasteiger partial charge in [-0.1, -0.05) is 16.9 Å². The van der Waals surface area contributed by atoms with Crippen molar-refractivity contribution in [3.05, 3.63) is 36.1 Å². The number of carbonyl (C=O) groups is 1. The summed E-state index contributed by atoms with van der Waals surface area (Å²) in [6.07, 6.45) is 0. The van der Waals surface area contributed by atoms with E-state index in [9.17, 15) is 4.79 Å². The van der Waals surface area contributed by atoms with Gasteiger partial charge in [0, 0.05) is 37.0 Å². The predicted octanol–water partition coefficient (Wildman–Crippen LogP) is 4.23. The molecule has 8 nitrogen and oxygen atoms in total. The van der Waals surface area contributed by atoms with Crippen LogP contribution in [0.1, 0.15) is 33.5 Å². The molecule has 9 heteroatoms. The molecule has 30 heavy (non-hydrogen) atoms. The summed E-state index contributed by atoms with van der Waals surface area (Å²) in [6.45, 7) is 12.6. The number of carbonyl (C=O) groups excluding carboxylic acids is 1. The summed E-state index contributed by atoms with van der Waals surface area (Å²) in [5, 5.41) is 15.6. The van der Waals surface area contributed by atoms with Gasteiger partial charge in [0.05, 0.1) is 5.25 Å². The monoisotopic (exact) mass is 428 g/mol. The van der Waals surface area contributed by atoms with E-state index in [1.54, 1.807) is 13.0 Å². The summed E-state index contributed by atoms with van der Waals surface area (Å²) in [4.78, 5) is 14.8. The van der Waals surface area contributed by atoms with E-state index in [1.165, 1.54) is 17.4 Å². The molecule has 1 N–H and O–H groups in total. The molecular formula is C21H28N6O2S. The molecule has 2 heterocycles. The first-order chi connectivity index (χ1) is 14.5. The van der Waals surface area contributed by atoms with Crippen LogP contribution in [0, 0.1) is 6.92 Å². The molecular weight excluding hydrogens is 400 g/mol. The Kier molecular flexibility index (Phi) is 7.15. The van der Waals surface area contributed by atoms with E-state index in [2.05, 4.69) is 63.7 Å². The Balaban J connectivity index is 1.74. The highest BCUT2D eigenvalue weighted by Crippen LogP contribution is 2.28. The van der Waals surface area contributed by atoms with Gasteiger partial charge in [-0.2, -0.15) is 0 Å². The minimum atomic E-state index is -0.366. The van der Waals surface area contributed by atoms with Crippen molar-refractivity contribution in [2.24, 2.45) is 0 Å². The van der Waals surface area contributed by atoms with Crippen molar-refractivity contribution in [2.45, 2.75) is 51.6 Å². The van der Waals surface area contributed by atoms with Gasteiger partial charge in [-0.15, -0.1) is 10.2 Å². The number of aromatic nitrogens is 4. The first kappa shape index (κ1) is 21.9. The lowest BCUT2D eigenvalue weighted by atomic mass is 10.2. The molecule has 1 amide bonds. The maximum absolute atomic E-state index is 12.5. The Morgan fingerprint density at radius 3 is 2.47 bits per heavy atom. The zero-order valence-electron chi connectivity index (χ0n) is 18.0. The van der Waals surface area contributed by atoms with Gasteiger partial charge < -0.3 is 19.3 Å². The first-order valence-electron chi connectivity index (χ1n) is 10.2. The van der Waals surface area contributed by atoms with E-state index >= 15 is 0 Å². The molecule has 0 saturated heterocycles. The van der Waals surface area contributed by atoms with Crippen LogP contribution >= 0.6 is 11.8 Å². The van der Waals surface area contributed by atoms with E-state index in [0.717, 1.165) is 24.5 Å². The molecule has 0 bridgehead atoms. The fourth-order valence-electron chi connectivity index (χ4n) is 3.15. The fraction of sp³-hybridized carbons (Fsp3) is 0.429. The molecule has 0 radical (unpaired) electrons. The summed E-state index contributed by atoms with van der Waals surface area (Å²) in [5.74, 6) is 1.69. The minimum absolute atomic E-state index is 0.163. The van der Waals surface area contributed by atoms with E-state index in [4.69, 9.17) is 4.52 Å². The van der Waals surface area contributed by atoms with Crippen LogP contribution in [-0.2, 0) is 11.3 Å². The lowest BCUT2D eigenvalue weighted by Gasteiger charge is -2.21. The Hall–Kier alpha value is -2.81. The van der Waals surface area contributed by atoms with Crippen LogP contribution in [0.4, 0.5) is 11.5 Å². The second-order valence-electron chi connectivity index (χ2n) is 6.84. The first-order valence-corrected chi connectivity index (χ1v) is 11.0. The lowest BCUT2D eigenvalue weighted by Crippen LogP contribution is -2.23. The molecule has 2 aromatic heterocycles. The largest absolute Gasteiger partial charge is 0.372 e. The van der Waals surface area contributed by atoms with Crippen LogP contribution in [0.5, 0.6) is 0 Å². The molecule has 1 aromatic carbocycles. The van der Waals surface area contributed by atoms with Crippen LogP contribution in [0.15, 0.2) is 40.0 Å². The van der Waals surface area contributed by atoms with Gasteiger partial charge in [0.1, 0.15) is 5.76 Å². The Bertz CT molecular complexity index is 978. The Morgan fingerprint density at radius 1 is 1.20 bits per heavy atom. The second kappa shape index (κ2) is 9.80. The van der Waals surface area contributed by atoms with Crippen LogP contribution in [0.2, 0.25) is 0 Å². The van der Waals surface area contributed by atoms with Crippen LogP contribution in [0.25, 0.3) is 11.4 Å². The smallest absolute Gasteiger partial charge is 0.238 e. The summed E-state index contributed by atoms with van der Waals surface area (Å²) in [6, 6.07) is 10.0. The lowest BCUT2D eigenvalue weighted by molar-refractivity contribution is -0.115. The zero-order valence-corrected chi connectivity index (χ0v) is 18.9. The predicted molar refractivity (Wildman–Crippen MR) is 120 cm³/mol. The van der Waals surface area contributed by atoms with Crippen molar-refractivity contribution in [3.8, 4) is 11.4 Å². The third-order valence-electron chi connectivity index (χ3n) is 4.82.